The van der Waals surface area contributed by atoms with E-state index < -0.39 is 20.5 Å². The molecule has 1 N–H and O–H groups in total. The topological polar surface area (TPSA) is 96.6 Å². The molecule has 0 amide bonds. The lowest BCUT2D eigenvalue weighted by molar-refractivity contribution is 0.0572. The lowest BCUT2D eigenvalue weighted by Crippen LogP contribution is -1.98. The zero-order valence-electron chi connectivity index (χ0n) is 8.55. The van der Waals surface area contributed by atoms with Gasteiger partial charge in [0.05, 0.1) is 6.07 Å². The molecule has 1 rings (SSSR count). The number of carbonyl (C=O) groups is 1. The van der Waals surface area contributed by atoms with Crippen LogP contribution in [0.3, 0.4) is 0 Å². The largest absolute Gasteiger partial charge is 0.549 e. The summed E-state index contributed by atoms with van der Waals surface area (Å²) in [4.78, 5) is 16.5. The third kappa shape index (κ3) is 25.1. The van der Waals surface area contributed by atoms with Crippen molar-refractivity contribution in [2.45, 2.75) is 13.3 Å². The third-order valence-corrected chi connectivity index (χ3v) is 0.798. The smallest absolute Gasteiger partial charge is 0.427 e. The van der Waals surface area contributed by atoms with E-state index in [0.717, 1.165) is 0 Å². The maximum Gasteiger partial charge on any atom is 0.549 e. The Morgan fingerprint density at radius 2 is 2.12 bits per heavy atom. The Labute approximate surface area is 94.9 Å². The van der Waals surface area contributed by atoms with Crippen LogP contribution < -0.4 is 0 Å². The molecule has 10 heteroatoms. The zero-order valence-corrected chi connectivity index (χ0v) is 9.44. The molecule has 17 heavy (non-hydrogen) atoms. The van der Waals surface area contributed by atoms with Crippen molar-refractivity contribution in [2.24, 2.45) is 0 Å². The van der Waals surface area contributed by atoms with Gasteiger partial charge in [0.2, 0.25) is 0 Å². The summed E-state index contributed by atoms with van der Waals surface area (Å²) in [5.74, 6) is 0. The van der Waals surface area contributed by atoms with Gasteiger partial charge in [-0.2, -0.15) is 9.65 Å². The van der Waals surface area contributed by atoms with Crippen molar-refractivity contribution in [3.8, 4) is 6.07 Å². The molecule has 1 fully saturated rings. The molecule has 0 aromatic rings. The number of allylic oxidation sites excluding steroid dienone is 2. The van der Waals surface area contributed by atoms with Crippen molar-refractivity contribution in [1.82, 2.24) is 0 Å². The quantitative estimate of drug-likeness (QED) is 0.414. The van der Waals surface area contributed by atoms with Gasteiger partial charge in [0.1, 0.15) is 0 Å². The standard InChI is InChI=1S/C4H5N.C3H3FO3.F2HO2P/c1-2-3-4-5;4-2-1-6-3(5)7-2;1-5(2,3)4/h2-3H,1H3;2H,1H2;(H,3,4). The molecule has 1 saturated heterocycles. The summed E-state index contributed by atoms with van der Waals surface area (Å²) in [6.07, 6.45) is 0.653. The van der Waals surface area contributed by atoms with E-state index in [4.69, 9.17) is 14.7 Å². The fraction of sp³-hybridized carbons (Fsp3) is 0.429. The molecule has 1 aliphatic rings. The summed E-state index contributed by atoms with van der Waals surface area (Å²) in [6.45, 7) is 1.54. The monoisotopic (exact) mass is 275 g/mol. The van der Waals surface area contributed by atoms with Crippen molar-refractivity contribution in [1.29, 1.82) is 5.26 Å². The first-order valence-electron chi connectivity index (χ1n) is 3.91. The number of cyclic esters (lactones) is 2. The molecular formula is C7H9F3NO5P. The van der Waals surface area contributed by atoms with Crippen molar-refractivity contribution >= 4 is 14.1 Å². The SMILES string of the molecule is CC=CC#N.O=C1OCC(F)O1.O=P(O)(F)F. The molecule has 1 unspecified atom stereocenters. The van der Waals surface area contributed by atoms with E-state index in [1.165, 1.54) is 6.08 Å². The van der Waals surface area contributed by atoms with Gasteiger partial charge in [0.25, 0.3) is 6.36 Å². The molecule has 0 saturated carbocycles. The van der Waals surface area contributed by atoms with E-state index in [0.29, 0.717) is 0 Å². The van der Waals surface area contributed by atoms with Gasteiger partial charge in [0.15, 0.2) is 6.61 Å². The molecule has 0 aromatic heterocycles. The minimum absolute atomic E-state index is 0.265. The average Bonchev–Trinajstić information content (AvgIpc) is 2.49. The number of carbonyl (C=O) groups excluding carboxylic acids is 1. The number of halogens is 3. The van der Waals surface area contributed by atoms with Crippen LogP contribution in [0.2, 0.25) is 0 Å². The van der Waals surface area contributed by atoms with Gasteiger partial charge < -0.3 is 9.47 Å². The second-order valence-corrected chi connectivity index (χ2v) is 3.02. The zero-order chi connectivity index (χ0) is 13.9. The summed E-state index contributed by atoms with van der Waals surface area (Å²) in [5, 5.41) is 7.73. The van der Waals surface area contributed by atoms with Crippen LogP contribution in [0.5, 0.6) is 0 Å². The number of ether oxygens (including phenoxy) is 2. The minimum atomic E-state index is -5.64. The normalized spacial score (nSPS) is 17.9. The van der Waals surface area contributed by atoms with E-state index >= 15 is 0 Å². The van der Waals surface area contributed by atoms with Crippen molar-refractivity contribution in [3.63, 3.8) is 0 Å². The van der Waals surface area contributed by atoms with Crippen LogP contribution in [0.25, 0.3) is 0 Å². The molecule has 0 spiro atoms. The number of nitrogens with zero attached hydrogens (tertiary/aromatic N) is 1. The fourth-order valence-electron chi connectivity index (χ4n) is 0.381. The number of alkyl halides is 1. The predicted octanol–water partition coefficient (Wildman–Crippen LogP) is 2.56. The maximum absolute atomic E-state index is 11.6. The summed E-state index contributed by atoms with van der Waals surface area (Å²) < 4.78 is 48.2. The van der Waals surface area contributed by atoms with Crippen LogP contribution in [-0.4, -0.2) is 24.0 Å². The van der Waals surface area contributed by atoms with Gasteiger partial charge in [-0.15, -0.1) is 8.39 Å². The Bertz CT molecular complexity index is 329. The molecular weight excluding hydrogens is 266 g/mol. The Hall–Kier alpha value is -1.52. The molecule has 6 nitrogen and oxygen atoms in total. The van der Waals surface area contributed by atoms with Gasteiger partial charge in [-0.1, -0.05) is 6.08 Å². The second kappa shape index (κ2) is 9.69. The number of rotatable bonds is 0. The lowest BCUT2D eigenvalue weighted by atomic mass is 10.6. The number of hydrogen-bond donors (Lipinski definition) is 1. The van der Waals surface area contributed by atoms with Crippen LogP contribution in [-0.2, 0) is 14.0 Å². The summed E-state index contributed by atoms with van der Waals surface area (Å²) >= 11 is 0. The Morgan fingerprint density at radius 3 is 2.18 bits per heavy atom. The molecule has 0 aliphatic carbocycles. The Balaban J connectivity index is 0. The number of hydrogen-bond acceptors (Lipinski definition) is 5. The predicted molar refractivity (Wildman–Crippen MR) is 49.8 cm³/mol. The molecule has 1 atom stereocenters. The Morgan fingerprint density at radius 1 is 1.65 bits per heavy atom. The summed E-state index contributed by atoms with van der Waals surface area (Å²) in [7, 11) is -5.64. The third-order valence-electron chi connectivity index (χ3n) is 0.798. The summed E-state index contributed by atoms with van der Waals surface area (Å²) in [5.41, 5.74) is 0. The van der Waals surface area contributed by atoms with Crippen LogP contribution in [0, 0.1) is 11.3 Å². The molecule has 1 heterocycles. The second-order valence-electron chi connectivity index (χ2n) is 2.15. The van der Waals surface area contributed by atoms with Gasteiger partial charge in [-0.25, -0.2) is 9.36 Å². The highest BCUT2D eigenvalue weighted by molar-refractivity contribution is 7.46. The van der Waals surface area contributed by atoms with Crippen molar-refractivity contribution in [2.75, 3.05) is 6.61 Å². The molecule has 1 aliphatic heterocycles. The van der Waals surface area contributed by atoms with Gasteiger partial charge in [-0.3, -0.25) is 4.89 Å². The first-order valence-corrected chi connectivity index (χ1v) is 5.35. The molecule has 0 bridgehead atoms. The van der Waals surface area contributed by atoms with Gasteiger partial charge in [-0.05, 0) is 6.92 Å². The molecule has 0 aromatic carbocycles. The van der Waals surface area contributed by atoms with Crippen molar-refractivity contribution in [3.05, 3.63) is 12.2 Å². The van der Waals surface area contributed by atoms with E-state index in [1.54, 1.807) is 6.08 Å². The maximum atomic E-state index is 11.6. The van der Waals surface area contributed by atoms with Crippen LogP contribution in [0.4, 0.5) is 17.6 Å². The highest BCUT2D eigenvalue weighted by Crippen LogP contribution is 2.43. The van der Waals surface area contributed by atoms with E-state index in [-0.39, 0.29) is 6.61 Å². The highest BCUT2D eigenvalue weighted by atomic mass is 31.2. The van der Waals surface area contributed by atoms with E-state index in [9.17, 15) is 17.6 Å². The first-order chi connectivity index (χ1) is 7.70. The van der Waals surface area contributed by atoms with Crippen LogP contribution >= 0.6 is 7.99 Å². The average molecular weight is 275 g/mol. The minimum Gasteiger partial charge on any atom is -0.427 e. The lowest BCUT2D eigenvalue weighted by Gasteiger charge is -1.85. The highest BCUT2D eigenvalue weighted by Gasteiger charge is 2.23. The molecule has 0 radical (unpaired) electrons. The van der Waals surface area contributed by atoms with Crippen LogP contribution in [0.15, 0.2) is 12.2 Å². The molecule has 98 valence electrons. The van der Waals surface area contributed by atoms with Gasteiger partial charge >= 0.3 is 14.1 Å². The fourth-order valence-corrected chi connectivity index (χ4v) is 0.381. The van der Waals surface area contributed by atoms with Gasteiger partial charge in [0, 0.05) is 6.08 Å². The van der Waals surface area contributed by atoms with Crippen LogP contribution in [0.1, 0.15) is 6.92 Å². The van der Waals surface area contributed by atoms with Crippen molar-refractivity contribution < 1.29 is 36.5 Å². The van der Waals surface area contributed by atoms with E-state index in [2.05, 4.69) is 9.47 Å². The van der Waals surface area contributed by atoms with E-state index in [1.807, 2.05) is 13.0 Å². The number of nitriles is 1. The summed E-state index contributed by atoms with van der Waals surface area (Å²) in [6, 6.07) is 1.84. The first kappa shape index (κ1) is 17.9. The Kier molecular flexibility index (Phi) is 10.2.